The highest BCUT2D eigenvalue weighted by atomic mass is 32.2. The van der Waals surface area contributed by atoms with Gasteiger partial charge in [-0.3, -0.25) is 0 Å². The second-order valence-electron chi connectivity index (χ2n) is 13.7. The Morgan fingerprint density at radius 2 is 1.04 bits per heavy atom. The van der Waals surface area contributed by atoms with Crippen LogP contribution in [0.15, 0.2) is 174 Å². The zero-order chi connectivity index (χ0) is 35.2. The van der Waals surface area contributed by atoms with E-state index < -0.39 is 0 Å². The van der Waals surface area contributed by atoms with Gasteiger partial charge in [0.25, 0.3) is 0 Å². The van der Waals surface area contributed by atoms with Gasteiger partial charge in [0.05, 0.1) is 23.0 Å². The first-order chi connectivity index (χ1) is 25.5. The molecule has 0 saturated heterocycles. The van der Waals surface area contributed by atoms with E-state index in [1.165, 1.54) is 37.4 Å². The van der Waals surface area contributed by atoms with Crippen LogP contribution in [-0.4, -0.2) is 9.97 Å². The number of nitriles is 1. The lowest BCUT2D eigenvalue weighted by molar-refractivity contribution is 0.607. The predicted octanol–water partition coefficient (Wildman–Crippen LogP) is 12.6. The average Bonchev–Trinajstić information content (AvgIpc) is 3.21. The Bertz CT molecular complexity index is 2670. The van der Waals surface area contributed by atoms with Gasteiger partial charge in [-0.15, -0.1) is 0 Å². The van der Waals surface area contributed by atoms with E-state index in [2.05, 4.69) is 153 Å². The van der Waals surface area contributed by atoms with Crippen LogP contribution in [-0.2, 0) is 5.41 Å². The molecule has 1 aromatic heterocycles. The molecule has 0 aliphatic carbocycles. The Morgan fingerprint density at radius 3 is 1.75 bits per heavy atom. The fourth-order valence-electron chi connectivity index (χ4n) is 7.40. The van der Waals surface area contributed by atoms with Gasteiger partial charge in [0, 0.05) is 31.9 Å². The molecule has 246 valence electrons. The van der Waals surface area contributed by atoms with Crippen molar-refractivity contribution >= 4 is 22.5 Å². The van der Waals surface area contributed by atoms with Crippen LogP contribution >= 0.6 is 11.8 Å². The summed E-state index contributed by atoms with van der Waals surface area (Å²) in [6, 6.07) is 59.7. The molecule has 7 aromatic carbocycles. The lowest BCUT2D eigenvalue weighted by Gasteiger charge is -2.35. The van der Waals surface area contributed by atoms with Crippen LogP contribution in [0.4, 0.5) is 0 Å². The van der Waals surface area contributed by atoms with Gasteiger partial charge in [-0.25, -0.2) is 9.97 Å². The first-order valence-corrected chi connectivity index (χ1v) is 18.3. The molecule has 52 heavy (non-hydrogen) atoms. The topological polar surface area (TPSA) is 49.6 Å². The maximum atomic E-state index is 9.58. The highest BCUT2D eigenvalue weighted by molar-refractivity contribution is 7.99. The lowest BCUT2D eigenvalue weighted by Crippen LogP contribution is -2.24. The van der Waals surface area contributed by atoms with Gasteiger partial charge in [-0.1, -0.05) is 153 Å². The molecule has 3 nitrogen and oxygen atoms in total. The summed E-state index contributed by atoms with van der Waals surface area (Å²) in [6.45, 7) is 4.52. The third kappa shape index (κ3) is 5.57. The molecule has 0 amide bonds. The van der Waals surface area contributed by atoms with E-state index in [-0.39, 0.29) is 5.41 Å². The van der Waals surface area contributed by atoms with Crippen LogP contribution in [0, 0.1) is 11.3 Å². The van der Waals surface area contributed by atoms with Gasteiger partial charge in [-0.2, -0.15) is 5.26 Å². The predicted molar refractivity (Wildman–Crippen MR) is 214 cm³/mol. The number of benzene rings is 7. The summed E-state index contributed by atoms with van der Waals surface area (Å²) >= 11 is 1.78. The Kier molecular flexibility index (Phi) is 7.80. The molecule has 0 radical (unpaired) electrons. The molecule has 1 aliphatic rings. The van der Waals surface area contributed by atoms with E-state index in [1.54, 1.807) is 11.8 Å². The van der Waals surface area contributed by atoms with Gasteiger partial charge < -0.3 is 0 Å². The molecule has 8 aromatic rings. The summed E-state index contributed by atoms with van der Waals surface area (Å²) in [6.07, 6.45) is 0. The van der Waals surface area contributed by atoms with Crippen molar-refractivity contribution in [2.45, 2.75) is 29.1 Å². The van der Waals surface area contributed by atoms with Crippen LogP contribution in [0.3, 0.4) is 0 Å². The standard InChI is InChI=1S/C48H33N3S/c1-48(2)41-27-31(30-49)17-25-45(41)52-46-26-22-36(28-42(46)48)32-18-20-34(21-19-32)43-29-44(51-47(50-43)35-13-7-4-8-14-35)40-24-23-37(33-11-5-3-6-12-33)38-15-9-10-16-39(38)40/h3-29H,1-2H3. The second-order valence-corrected chi connectivity index (χ2v) is 14.8. The summed E-state index contributed by atoms with van der Waals surface area (Å²) in [4.78, 5) is 12.8. The van der Waals surface area contributed by atoms with Gasteiger partial charge in [0.15, 0.2) is 5.82 Å². The van der Waals surface area contributed by atoms with Crippen LogP contribution in [0.2, 0.25) is 0 Å². The highest BCUT2D eigenvalue weighted by Crippen LogP contribution is 2.50. The van der Waals surface area contributed by atoms with Crippen molar-refractivity contribution in [1.82, 2.24) is 9.97 Å². The van der Waals surface area contributed by atoms with Crippen molar-refractivity contribution in [3.8, 4) is 62.2 Å². The van der Waals surface area contributed by atoms with E-state index >= 15 is 0 Å². The normalized spacial score (nSPS) is 12.9. The van der Waals surface area contributed by atoms with E-state index in [1.807, 2.05) is 30.3 Å². The quantitative estimate of drug-likeness (QED) is 0.181. The molecule has 4 heteroatoms. The zero-order valence-electron chi connectivity index (χ0n) is 28.8. The second kappa shape index (κ2) is 12.8. The molecular formula is C48H33N3S. The van der Waals surface area contributed by atoms with Crippen LogP contribution in [0.25, 0.3) is 66.9 Å². The number of rotatable bonds is 5. The zero-order valence-corrected chi connectivity index (χ0v) is 29.7. The third-order valence-corrected chi connectivity index (χ3v) is 11.4. The molecule has 0 fully saturated rings. The van der Waals surface area contributed by atoms with Crippen molar-refractivity contribution < 1.29 is 0 Å². The Labute approximate surface area is 308 Å². The fraction of sp³-hybridized carbons (Fsp3) is 0.0625. The number of aromatic nitrogens is 2. The number of fused-ring (bicyclic) bond motifs is 3. The van der Waals surface area contributed by atoms with Crippen LogP contribution in [0.5, 0.6) is 0 Å². The Hall–Kier alpha value is -6.28. The summed E-state index contributed by atoms with van der Waals surface area (Å²) in [7, 11) is 0. The molecule has 0 bridgehead atoms. The monoisotopic (exact) mass is 683 g/mol. The van der Waals surface area contributed by atoms with Gasteiger partial charge in [0.2, 0.25) is 0 Å². The van der Waals surface area contributed by atoms with E-state index in [0.29, 0.717) is 11.4 Å². The largest absolute Gasteiger partial charge is 0.228 e. The molecule has 0 unspecified atom stereocenters. The average molecular weight is 684 g/mol. The Balaban J connectivity index is 1.12. The number of hydrogen-bond acceptors (Lipinski definition) is 4. The van der Waals surface area contributed by atoms with E-state index in [4.69, 9.17) is 9.97 Å². The van der Waals surface area contributed by atoms with Crippen LogP contribution < -0.4 is 0 Å². The summed E-state index contributed by atoms with van der Waals surface area (Å²) in [5.41, 5.74) is 12.5. The van der Waals surface area contributed by atoms with Crippen molar-refractivity contribution in [2.24, 2.45) is 0 Å². The summed E-state index contributed by atoms with van der Waals surface area (Å²) < 4.78 is 0. The molecule has 1 aliphatic heterocycles. The molecular weight excluding hydrogens is 651 g/mol. The van der Waals surface area contributed by atoms with Crippen molar-refractivity contribution in [3.63, 3.8) is 0 Å². The first kappa shape index (κ1) is 31.7. The third-order valence-electron chi connectivity index (χ3n) is 10.2. The van der Waals surface area contributed by atoms with Gasteiger partial charge in [-0.05, 0) is 80.6 Å². The minimum Gasteiger partial charge on any atom is -0.228 e. The van der Waals surface area contributed by atoms with Gasteiger partial charge in [0.1, 0.15) is 0 Å². The molecule has 0 atom stereocenters. The van der Waals surface area contributed by atoms with Crippen molar-refractivity contribution in [1.29, 1.82) is 5.26 Å². The maximum Gasteiger partial charge on any atom is 0.160 e. The van der Waals surface area contributed by atoms with E-state index in [0.717, 1.165) is 44.6 Å². The Morgan fingerprint density at radius 1 is 0.481 bits per heavy atom. The summed E-state index contributed by atoms with van der Waals surface area (Å²) in [5.74, 6) is 0.697. The van der Waals surface area contributed by atoms with Gasteiger partial charge >= 0.3 is 0 Å². The molecule has 0 N–H and O–H groups in total. The lowest BCUT2D eigenvalue weighted by atomic mass is 9.76. The molecule has 2 heterocycles. The summed E-state index contributed by atoms with van der Waals surface area (Å²) in [5, 5.41) is 11.9. The minimum absolute atomic E-state index is 0.229. The number of hydrogen-bond donors (Lipinski definition) is 0. The maximum absolute atomic E-state index is 9.58. The highest BCUT2D eigenvalue weighted by Gasteiger charge is 2.33. The molecule has 0 spiro atoms. The minimum atomic E-state index is -0.229. The van der Waals surface area contributed by atoms with Crippen molar-refractivity contribution in [2.75, 3.05) is 0 Å². The van der Waals surface area contributed by atoms with Crippen LogP contribution in [0.1, 0.15) is 30.5 Å². The molecule has 0 saturated carbocycles. The first-order valence-electron chi connectivity index (χ1n) is 17.5. The van der Waals surface area contributed by atoms with Crippen molar-refractivity contribution in [3.05, 3.63) is 180 Å². The molecule has 9 rings (SSSR count). The van der Waals surface area contributed by atoms with E-state index in [9.17, 15) is 5.26 Å². The smallest absolute Gasteiger partial charge is 0.160 e. The SMILES string of the molecule is CC1(C)c2cc(C#N)ccc2Sc2ccc(-c3ccc(-c4cc(-c5ccc(-c6ccccc6)c6ccccc56)nc(-c5ccccc5)n4)cc3)cc21. The fourth-order valence-corrected chi connectivity index (χ4v) is 8.76. The number of nitrogens with zero attached hydrogens (tertiary/aromatic N) is 3.